The quantitative estimate of drug-likeness (QED) is 0.611. The van der Waals surface area contributed by atoms with Crippen molar-refractivity contribution < 1.29 is 5.11 Å². The molecule has 4 heteroatoms. The van der Waals surface area contributed by atoms with E-state index in [1.54, 1.807) is 4.24 Å². The van der Waals surface area contributed by atoms with Crippen molar-refractivity contribution in [3.63, 3.8) is 0 Å². The Kier molecular flexibility index (Phi) is 4.61. The van der Waals surface area contributed by atoms with E-state index in [4.69, 9.17) is 0 Å². The molecule has 29 heavy (non-hydrogen) atoms. The molecule has 1 N–H and O–H groups in total. The van der Waals surface area contributed by atoms with Gasteiger partial charge in [-0.2, -0.15) is 0 Å². The van der Waals surface area contributed by atoms with E-state index in [9.17, 15) is 5.11 Å². The first-order valence-corrected chi connectivity index (χ1v) is 14.3. The molecule has 7 rings (SSSR count). The van der Waals surface area contributed by atoms with Gasteiger partial charge in [-0.1, -0.05) is 26.8 Å². The van der Waals surface area contributed by atoms with Crippen LogP contribution in [-0.2, 0) is 0 Å². The molecule has 7 aliphatic rings. The minimum atomic E-state index is -0.433. The first-order chi connectivity index (χ1) is 13.9. The van der Waals surface area contributed by atoms with Crippen LogP contribution in [0.3, 0.4) is 0 Å². The van der Waals surface area contributed by atoms with Crippen LogP contribution in [0.1, 0.15) is 72.1 Å². The summed E-state index contributed by atoms with van der Waals surface area (Å²) in [6.45, 7) is 8.86. The fraction of sp³-hybridized carbons (Fsp3) is 0.920. The molecule has 4 heterocycles. The van der Waals surface area contributed by atoms with E-state index in [2.05, 4.69) is 55.3 Å². The van der Waals surface area contributed by atoms with Gasteiger partial charge in [-0.05, 0) is 86.0 Å². The molecule has 0 spiro atoms. The van der Waals surface area contributed by atoms with Gasteiger partial charge in [0.05, 0.1) is 5.60 Å². The second-order valence-corrected chi connectivity index (χ2v) is 14.2. The van der Waals surface area contributed by atoms with Crippen LogP contribution in [0.5, 0.6) is 0 Å². The Balaban J connectivity index is 1.52. The monoisotopic (exact) mass is 433 g/mol. The number of hydrogen-bond acceptors (Lipinski definition) is 4. The van der Waals surface area contributed by atoms with E-state index in [-0.39, 0.29) is 5.41 Å². The van der Waals surface area contributed by atoms with Crippen molar-refractivity contribution in [2.75, 3.05) is 18.1 Å². The Morgan fingerprint density at radius 2 is 1.97 bits per heavy atom. The maximum absolute atomic E-state index is 12.7. The third-order valence-corrected chi connectivity index (χ3v) is 13.3. The first-order valence-electron chi connectivity index (χ1n) is 12.4. The molecule has 9 atom stereocenters. The second kappa shape index (κ2) is 6.68. The van der Waals surface area contributed by atoms with Crippen LogP contribution in [0.2, 0.25) is 0 Å². The lowest BCUT2D eigenvalue weighted by molar-refractivity contribution is -0.373. The SMILES string of the molecule is CC(C)[C@H]1CC[C@@]2(C)[C@@H]3C[C@@H]4C5CCC[C@@]4(O)[C@@]2(CC=C2SCCCS2)[C@H]1N5C3. The van der Waals surface area contributed by atoms with Gasteiger partial charge in [-0.25, -0.2) is 0 Å². The average molecular weight is 434 g/mol. The second-order valence-electron chi connectivity index (χ2n) is 11.7. The van der Waals surface area contributed by atoms with Crippen LogP contribution in [0, 0.1) is 34.5 Å². The van der Waals surface area contributed by atoms with Gasteiger partial charge in [-0.15, -0.1) is 23.5 Å². The van der Waals surface area contributed by atoms with Crippen molar-refractivity contribution in [1.82, 2.24) is 4.90 Å². The van der Waals surface area contributed by atoms with Crippen molar-refractivity contribution in [3.8, 4) is 0 Å². The molecule has 0 aromatic carbocycles. The molecule has 2 unspecified atom stereocenters. The molecule has 0 radical (unpaired) electrons. The van der Waals surface area contributed by atoms with Gasteiger partial charge >= 0.3 is 0 Å². The summed E-state index contributed by atoms with van der Waals surface area (Å²) in [7, 11) is 0. The van der Waals surface area contributed by atoms with Crippen molar-refractivity contribution in [3.05, 3.63) is 10.3 Å². The van der Waals surface area contributed by atoms with Crippen LogP contribution >= 0.6 is 23.5 Å². The summed E-state index contributed by atoms with van der Waals surface area (Å²) in [6.07, 6.45) is 12.7. The Bertz CT molecular complexity index is 716. The molecule has 8 bridgehead atoms. The summed E-state index contributed by atoms with van der Waals surface area (Å²) in [5, 5.41) is 12.7. The number of rotatable bonds is 3. The van der Waals surface area contributed by atoms with Gasteiger partial charge in [0.2, 0.25) is 0 Å². The normalized spacial score (nSPS) is 55.4. The lowest BCUT2D eigenvalue weighted by Crippen LogP contribution is -2.87. The fourth-order valence-corrected chi connectivity index (χ4v) is 12.0. The molecular formula is C25H39NOS2. The van der Waals surface area contributed by atoms with E-state index in [1.165, 1.54) is 56.6 Å². The molecule has 2 nitrogen and oxygen atoms in total. The van der Waals surface area contributed by atoms with Gasteiger partial charge in [-0.3, -0.25) is 4.90 Å². The van der Waals surface area contributed by atoms with Crippen molar-refractivity contribution in [2.45, 2.75) is 89.8 Å². The van der Waals surface area contributed by atoms with E-state index in [0.717, 1.165) is 30.6 Å². The summed E-state index contributed by atoms with van der Waals surface area (Å²) in [4.78, 5) is 3.00. The minimum Gasteiger partial charge on any atom is -0.389 e. The average Bonchev–Trinajstić information content (AvgIpc) is 2.71. The third-order valence-electron chi connectivity index (χ3n) is 10.7. The van der Waals surface area contributed by atoms with E-state index in [0.29, 0.717) is 23.4 Å². The predicted molar refractivity (Wildman–Crippen MR) is 125 cm³/mol. The summed E-state index contributed by atoms with van der Waals surface area (Å²) >= 11 is 4.15. The lowest BCUT2D eigenvalue weighted by atomic mass is 9.30. The van der Waals surface area contributed by atoms with Gasteiger partial charge in [0.15, 0.2) is 0 Å². The van der Waals surface area contributed by atoms with E-state index in [1.807, 2.05) is 0 Å². The topological polar surface area (TPSA) is 23.5 Å². The highest BCUT2D eigenvalue weighted by atomic mass is 32.2. The Hall–Kier alpha value is 0.360. The summed E-state index contributed by atoms with van der Waals surface area (Å²) in [5.41, 5.74) is -0.0486. The van der Waals surface area contributed by atoms with Crippen molar-refractivity contribution in [1.29, 1.82) is 0 Å². The van der Waals surface area contributed by atoms with Crippen LogP contribution in [0.15, 0.2) is 10.3 Å². The number of aliphatic hydroxyl groups is 1. The smallest absolute Gasteiger partial charge is 0.0770 e. The molecular weight excluding hydrogens is 394 g/mol. The molecule has 3 saturated carbocycles. The number of thioether (sulfide) groups is 2. The molecule has 0 aromatic rings. The predicted octanol–water partition coefficient (Wildman–Crippen LogP) is 5.76. The lowest BCUT2D eigenvalue weighted by Gasteiger charge is -2.83. The first kappa shape index (κ1) is 20.0. The Morgan fingerprint density at radius 3 is 2.72 bits per heavy atom. The number of nitrogens with zero attached hydrogens (tertiary/aromatic N) is 1. The molecule has 162 valence electrons. The van der Waals surface area contributed by atoms with Crippen molar-refractivity contribution >= 4 is 23.5 Å². The highest BCUT2D eigenvalue weighted by Crippen LogP contribution is 2.77. The zero-order valence-electron chi connectivity index (χ0n) is 18.5. The number of allylic oxidation sites excluding steroid dienone is 1. The van der Waals surface area contributed by atoms with Crippen LogP contribution < -0.4 is 0 Å². The van der Waals surface area contributed by atoms with Gasteiger partial charge in [0, 0.05) is 34.2 Å². The van der Waals surface area contributed by atoms with E-state index >= 15 is 0 Å². The highest BCUT2D eigenvalue weighted by molar-refractivity contribution is 8.22. The summed E-state index contributed by atoms with van der Waals surface area (Å²) in [5.74, 6) is 5.37. The molecule has 0 amide bonds. The van der Waals surface area contributed by atoms with E-state index < -0.39 is 5.60 Å². The van der Waals surface area contributed by atoms with Gasteiger partial charge < -0.3 is 5.11 Å². The molecule has 3 aliphatic carbocycles. The molecule has 0 aromatic heterocycles. The summed E-state index contributed by atoms with van der Waals surface area (Å²) in [6, 6.07) is 1.26. The van der Waals surface area contributed by atoms with Crippen LogP contribution in [0.4, 0.5) is 0 Å². The molecule has 7 fully saturated rings. The van der Waals surface area contributed by atoms with Crippen molar-refractivity contribution in [2.24, 2.45) is 34.5 Å². The fourth-order valence-electron chi connectivity index (χ4n) is 9.58. The third kappa shape index (κ3) is 2.36. The van der Waals surface area contributed by atoms with Crippen LogP contribution in [0.25, 0.3) is 0 Å². The molecule has 4 saturated heterocycles. The van der Waals surface area contributed by atoms with Crippen LogP contribution in [-0.4, -0.2) is 45.7 Å². The zero-order valence-corrected chi connectivity index (χ0v) is 20.2. The maximum atomic E-state index is 12.7. The largest absolute Gasteiger partial charge is 0.389 e. The Morgan fingerprint density at radius 1 is 1.17 bits per heavy atom. The van der Waals surface area contributed by atoms with Gasteiger partial charge in [0.1, 0.15) is 0 Å². The standard InChI is InChI=1S/C25H39NOS2/c1-16(2)18-7-10-23(3)17-14-19-20-6-4-9-25(19,27)24(23,22(18)26(20)15-17)11-8-21-28-12-5-13-29-21/h8,16-20,22,27H,4-7,9-15H2,1-3H3/t17-,18-,19-,20?,22+,23+,24+,25+/m1/s1. The Labute approximate surface area is 186 Å². The zero-order chi connectivity index (χ0) is 20.0. The molecule has 4 aliphatic heterocycles. The maximum Gasteiger partial charge on any atom is 0.0770 e. The highest BCUT2D eigenvalue weighted by Gasteiger charge is 2.80. The summed E-state index contributed by atoms with van der Waals surface area (Å²) < 4.78 is 1.56. The minimum absolute atomic E-state index is 0.0709. The number of piperidine rings is 3. The van der Waals surface area contributed by atoms with Gasteiger partial charge in [0.25, 0.3) is 0 Å². The number of hydrogen-bond donors (Lipinski definition) is 1.